The van der Waals surface area contributed by atoms with Crippen LogP contribution in [0, 0.1) is 5.82 Å². The molecule has 1 aromatic carbocycles. The van der Waals surface area contributed by atoms with Crippen molar-refractivity contribution in [3.8, 4) is 11.3 Å². The largest absolute Gasteiger partial charge is 0.354 e. The Balaban J connectivity index is 1.37. The molecule has 0 bridgehead atoms. The fraction of sp³-hybridized carbons (Fsp3) is 0.381. The minimum Gasteiger partial charge on any atom is -0.354 e. The lowest BCUT2D eigenvalue weighted by Gasteiger charge is -2.40. The van der Waals surface area contributed by atoms with Gasteiger partial charge in [-0.25, -0.2) is 14.4 Å². The number of piperazine rings is 1. The summed E-state index contributed by atoms with van der Waals surface area (Å²) < 4.78 is 18.9. The van der Waals surface area contributed by atoms with Gasteiger partial charge in [-0.3, -0.25) is 15.2 Å². The highest BCUT2D eigenvalue weighted by Gasteiger charge is 2.26. The first-order chi connectivity index (χ1) is 14.2. The minimum atomic E-state index is -0.254. The summed E-state index contributed by atoms with van der Waals surface area (Å²) in [7, 11) is 1.72. The van der Waals surface area contributed by atoms with E-state index in [9.17, 15) is 4.39 Å². The number of aromatic nitrogens is 2. The number of rotatable bonds is 6. The Labute approximate surface area is 169 Å². The molecule has 0 spiro atoms. The predicted molar refractivity (Wildman–Crippen MR) is 111 cm³/mol. The van der Waals surface area contributed by atoms with Crippen LogP contribution in [0.25, 0.3) is 11.3 Å². The maximum Gasteiger partial charge on any atom is 0.166 e. The number of anilines is 1. The van der Waals surface area contributed by atoms with Gasteiger partial charge < -0.3 is 9.64 Å². The first-order valence-corrected chi connectivity index (χ1v) is 9.77. The summed E-state index contributed by atoms with van der Waals surface area (Å²) in [6.45, 7) is 3.36. The van der Waals surface area contributed by atoms with E-state index >= 15 is 0 Å². The van der Waals surface area contributed by atoms with Gasteiger partial charge in [-0.15, -0.1) is 0 Å². The third-order valence-corrected chi connectivity index (χ3v) is 5.19. The van der Waals surface area contributed by atoms with Gasteiger partial charge in [0, 0.05) is 63.4 Å². The Morgan fingerprint density at radius 1 is 1.14 bits per heavy atom. The molecule has 4 rings (SSSR count). The van der Waals surface area contributed by atoms with Crippen LogP contribution in [0.2, 0.25) is 0 Å². The Kier molecular flexibility index (Phi) is 6.24. The normalized spacial score (nSPS) is 20.8. The number of benzene rings is 1. The van der Waals surface area contributed by atoms with Gasteiger partial charge in [0.05, 0.1) is 5.69 Å². The second-order valence-electron chi connectivity index (χ2n) is 7.07. The van der Waals surface area contributed by atoms with E-state index in [1.807, 2.05) is 18.5 Å². The number of halogens is 1. The van der Waals surface area contributed by atoms with Crippen molar-refractivity contribution in [2.45, 2.75) is 18.8 Å². The molecule has 2 aliphatic heterocycles. The van der Waals surface area contributed by atoms with Gasteiger partial charge in [0.15, 0.2) is 6.35 Å². The Bertz CT molecular complexity index is 864. The van der Waals surface area contributed by atoms with Crippen LogP contribution >= 0.6 is 0 Å². The van der Waals surface area contributed by atoms with Crippen LogP contribution in [0.1, 0.15) is 6.42 Å². The number of ether oxygens (including phenoxy) is 1. The highest BCUT2D eigenvalue weighted by molar-refractivity contribution is 5.66. The molecule has 2 atom stereocenters. The van der Waals surface area contributed by atoms with Crippen molar-refractivity contribution >= 4 is 12.0 Å². The van der Waals surface area contributed by atoms with E-state index in [2.05, 4.69) is 36.2 Å². The number of hydrogen-bond acceptors (Lipinski definition) is 7. The number of aliphatic imine (C=N–C) groups is 1. The fourth-order valence-corrected chi connectivity index (χ4v) is 3.58. The average molecular weight is 396 g/mol. The SMILES string of the molecule is COC(NC1C=NC=CC1)N1CCN(c2cc(-c3ccc(F)cc3)ncn2)CC1. The monoisotopic (exact) mass is 396 g/mol. The van der Waals surface area contributed by atoms with Crippen LogP contribution in [0.15, 0.2) is 53.9 Å². The molecule has 3 heterocycles. The van der Waals surface area contributed by atoms with Crippen LogP contribution in [0.3, 0.4) is 0 Å². The van der Waals surface area contributed by atoms with E-state index in [0.717, 1.165) is 49.7 Å². The lowest BCUT2D eigenvalue weighted by atomic mass is 10.1. The Hall–Kier alpha value is -2.68. The zero-order chi connectivity index (χ0) is 20.1. The highest BCUT2D eigenvalue weighted by Crippen LogP contribution is 2.22. The summed E-state index contributed by atoms with van der Waals surface area (Å²) in [6.07, 6.45) is 8.11. The number of nitrogens with zero attached hydrogens (tertiary/aromatic N) is 5. The molecule has 0 amide bonds. The average Bonchev–Trinajstić information content (AvgIpc) is 2.79. The Morgan fingerprint density at radius 3 is 2.62 bits per heavy atom. The maximum absolute atomic E-state index is 13.2. The number of hydrogen-bond donors (Lipinski definition) is 1. The van der Waals surface area contributed by atoms with Crippen LogP contribution in [-0.4, -0.2) is 66.8 Å². The van der Waals surface area contributed by atoms with E-state index in [1.165, 1.54) is 12.1 Å². The third kappa shape index (κ3) is 4.84. The summed E-state index contributed by atoms with van der Waals surface area (Å²) in [5.41, 5.74) is 1.67. The van der Waals surface area contributed by atoms with Crippen LogP contribution in [0.5, 0.6) is 0 Å². The first-order valence-electron chi connectivity index (χ1n) is 9.77. The van der Waals surface area contributed by atoms with Crippen molar-refractivity contribution in [2.75, 3.05) is 38.2 Å². The molecule has 0 aliphatic carbocycles. The van der Waals surface area contributed by atoms with Crippen LogP contribution in [0.4, 0.5) is 10.2 Å². The molecule has 2 aromatic rings. The second-order valence-corrected chi connectivity index (χ2v) is 7.07. The van der Waals surface area contributed by atoms with Gasteiger partial charge in [-0.05, 0) is 30.7 Å². The predicted octanol–water partition coefficient (Wildman–Crippen LogP) is 2.28. The Morgan fingerprint density at radius 2 is 1.93 bits per heavy atom. The van der Waals surface area contributed by atoms with E-state index < -0.39 is 0 Å². The molecular weight excluding hydrogens is 371 g/mol. The van der Waals surface area contributed by atoms with Crippen molar-refractivity contribution in [1.29, 1.82) is 0 Å². The molecule has 2 unspecified atom stereocenters. The first kappa shape index (κ1) is 19.6. The van der Waals surface area contributed by atoms with E-state index in [0.29, 0.717) is 0 Å². The molecule has 2 aliphatic rings. The molecule has 0 radical (unpaired) electrons. The number of methoxy groups -OCH3 is 1. The van der Waals surface area contributed by atoms with Crippen molar-refractivity contribution < 1.29 is 9.13 Å². The molecule has 8 heteroatoms. The summed E-state index contributed by atoms with van der Waals surface area (Å²) in [4.78, 5) is 17.5. The van der Waals surface area contributed by atoms with Gasteiger partial charge in [0.25, 0.3) is 0 Å². The van der Waals surface area contributed by atoms with E-state index in [-0.39, 0.29) is 18.2 Å². The third-order valence-electron chi connectivity index (χ3n) is 5.19. The zero-order valence-electron chi connectivity index (χ0n) is 16.4. The summed E-state index contributed by atoms with van der Waals surface area (Å²) in [5, 5.41) is 3.49. The highest BCUT2D eigenvalue weighted by atomic mass is 19.1. The van der Waals surface area contributed by atoms with Gasteiger partial charge >= 0.3 is 0 Å². The topological polar surface area (TPSA) is 65.9 Å². The molecule has 29 heavy (non-hydrogen) atoms. The lowest BCUT2D eigenvalue weighted by Crippen LogP contribution is -2.57. The fourth-order valence-electron chi connectivity index (χ4n) is 3.58. The smallest absolute Gasteiger partial charge is 0.166 e. The second kappa shape index (κ2) is 9.21. The molecule has 1 saturated heterocycles. The molecule has 1 fully saturated rings. The van der Waals surface area contributed by atoms with Gasteiger partial charge in [-0.2, -0.15) is 0 Å². The van der Waals surface area contributed by atoms with Crippen LogP contribution < -0.4 is 10.2 Å². The van der Waals surface area contributed by atoms with Gasteiger partial charge in [0.1, 0.15) is 18.0 Å². The molecule has 1 aromatic heterocycles. The van der Waals surface area contributed by atoms with E-state index in [1.54, 1.807) is 25.6 Å². The van der Waals surface area contributed by atoms with Crippen molar-refractivity contribution in [2.24, 2.45) is 4.99 Å². The molecule has 7 nitrogen and oxygen atoms in total. The van der Waals surface area contributed by atoms with Crippen molar-refractivity contribution in [3.63, 3.8) is 0 Å². The molecule has 152 valence electrons. The molecule has 0 saturated carbocycles. The lowest BCUT2D eigenvalue weighted by molar-refractivity contribution is -0.0600. The quantitative estimate of drug-likeness (QED) is 0.756. The van der Waals surface area contributed by atoms with E-state index in [4.69, 9.17) is 4.74 Å². The van der Waals surface area contributed by atoms with Crippen LogP contribution in [-0.2, 0) is 4.74 Å². The van der Waals surface area contributed by atoms with Gasteiger partial charge in [0.2, 0.25) is 0 Å². The standard InChI is InChI=1S/C21H25FN6O/c1-29-21(26-18-3-2-8-23-14-18)28-11-9-27(10-12-28)20-13-19(24-15-25-20)16-4-6-17(22)7-5-16/h2,4-8,13-15,18,21,26H,3,9-12H2,1H3. The zero-order valence-corrected chi connectivity index (χ0v) is 16.4. The maximum atomic E-state index is 13.2. The summed E-state index contributed by atoms with van der Waals surface area (Å²) in [6, 6.07) is 8.50. The molecule has 1 N–H and O–H groups in total. The van der Waals surface area contributed by atoms with Gasteiger partial charge in [-0.1, -0.05) is 6.08 Å². The summed E-state index contributed by atoms with van der Waals surface area (Å²) >= 11 is 0. The molecular formula is C21H25FN6O. The number of nitrogens with one attached hydrogen (secondary N) is 1. The van der Waals surface area contributed by atoms with Crippen molar-refractivity contribution in [1.82, 2.24) is 20.2 Å². The van der Waals surface area contributed by atoms with Crippen molar-refractivity contribution in [3.05, 3.63) is 54.8 Å². The summed E-state index contributed by atoms with van der Waals surface area (Å²) in [5.74, 6) is 0.626. The minimum absolute atomic E-state index is 0.153.